The van der Waals surface area contributed by atoms with Gasteiger partial charge in [-0.1, -0.05) is 18.2 Å². The quantitative estimate of drug-likeness (QED) is 0.196. The second-order valence-electron chi connectivity index (χ2n) is 5.78. The van der Waals surface area contributed by atoms with E-state index in [2.05, 4.69) is 26.8 Å². The molecule has 1 aromatic heterocycles. The molecular weight excluding hydrogens is 458 g/mol. The first kappa shape index (κ1) is 22.9. The number of nitrogens with zero attached hydrogens (tertiary/aromatic N) is 3. The Kier molecular flexibility index (Phi) is 10.4. The number of halogens is 2. The lowest BCUT2D eigenvalue weighted by molar-refractivity contribution is 0.446. The van der Waals surface area contributed by atoms with Crippen LogP contribution in [0.3, 0.4) is 0 Å². The Hall–Kier alpha value is -2.16. The molecule has 1 aromatic carbocycles. The fraction of sp³-hybridized carbons (Fsp3) is 0.300. The fourth-order valence-corrected chi connectivity index (χ4v) is 2.43. The molecule has 5 nitrogen and oxygen atoms in total. The van der Waals surface area contributed by atoms with Crippen molar-refractivity contribution in [3.8, 4) is 11.6 Å². The van der Waals surface area contributed by atoms with Crippen molar-refractivity contribution in [3.05, 3.63) is 66.6 Å². The number of unbranched alkanes of at least 4 members (excludes halogenated alkanes) is 1. The second kappa shape index (κ2) is 12.3. The van der Waals surface area contributed by atoms with Gasteiger partial charge < -0.3 is 15.0 Å². The molecule has 0 unspecified atom stereocenters. The van der Waals surface area contributed by atoms with Gasteiger partial charge in [-0.15, -0.1) is 30.6 Å². The predicted molar refractivity (Wildman–Crippen MR) is 118 cm³/mol. The van der Waals surface area contributed by atoms with E-state index in [1.165, 1.54) is 12.1 Å². The highest BCUT2D eigenvalue weighted by molar-refractivity contribution is 14.0. The summed E-state index contributed by atoms with van der Waals surface area (Å²) in [5.41, 5.74) is 0.859. The molecule has 0 radical (unpaired) electrons. The van der Waals surface area contributed by atoms with Gasteiger partial charge in [-0.05, 0) is 31.0 Å². The summed E-state index contributed by atoms with van der Waals surface area (Å²) in [5, 5.41) is 3.31. The van der Waals surface area contributed by atoms with Crippen molar-refractivity contribution in [2.75, 3.05) is 20.6 Å². The molecule has 0 aliphatic heterocycles. The molecule has 0 aliphatic rings. The lowest BCUT2D eigenvalue weighted by atomic mass is 10.2. The molecule has 0 bridgehead atoms. The van der Waals surface area contributed by atoms with Crippen molar-refractivity contribution in [1.82, 2.24) is 15.2 Å². The van der Waals surface area contributed by atoms with Gasteiger partial charge in [0.05, 0.1) is 0 Å². The minimum Gasteiger partial charge on any atom is -0.439 e. The van der Waals surface area contributed by atoms with Crippen LogP contribution in [0.4, 0.5) is 4.39 Å². The van der Waals surface area contributed by atoms with Crippen LogP contribution in [-0.2, 0) is 6.54 Å². The first-order valence-corrected chi connectivity index (χ1v) is 8.54. The van der Waals surface area contributed by atoms with Crippen molar-refractivity contribution in [2.45, 2.75) is 19.4 Å². The highest BCUT2D eigenvalue weighted by Gasteiger charge is 2.10. The number of ether oxygens (including phenoxy) is 1. The Balaban J connectivity index is 0.00000364. The summed E-state index contributed by atoms with van der Waals surface area (Å²) in [4.78, 5) is 10.6. The summed E-state index contributed by atoms with van der Waals surface area (Å²) in [5.74, 6) is 1.29. The zero-order chi connectivity index (χ0) is 18.8. The third-order valence-electron chi connectivity index (χ3n) is 3.77. The number of allylic oxidation sites excluding steroid dienone is 1. The van der Waals surface area contributed by atoms with E-state index >= 15 is 0 Å². The SMILES string of the molecule is C=CCCCN(C)C(=NC)NCc1cccnc1Oc1cccc(F)c1.I. The van der Waals surface area contributed by atoms with Gasteiger partial charge in [0, 0.05) is 45.0 Å². The molecular formula is C20H26FIN4O. The van der Waals surface area contributed by atoms with Crippen LogP contribution in [0.15, 0.2) is 60.2 Å². The first-order chi connectivity index (χ1) is 12.6. The maximum Gasteiger partial charge on any atom is 0.224 e. The van der Waals surface area contributed by atoms with E-state index in [-0.39, 0.29) is 29.8 Å². The maximum atomic E-state index is 13.3. The Morgan fingerprint density at radius 3 is 2.89 bits per heavy atom. The van der Waals surface area contributed by atoms with E-state index < -0.39 is 0 Å². The summed E-state index contributed by atoms with van der Waals surface area (Å²) < 4.78 is 19.1. The van der Waals surface area contributed by atoms with Gasteiger partial charge in [0.1, 0.15) is 11.6 Å². The highest BCUT2D eigenvalue weighted by atomic mass is 127. The van der Waals surface area contributed by atoms with Gasteiger partial charge in [0.2, 0.25) is 5.88 Å². The number of rotatable bonds is 8. The molecule has 1 N–H and O–H groups in total. The van der Waals surface area contributed by atoms with E-state index in [4.69, 9.17) is 4.74 Å². The first-order valence-electron chi connectivity index (χ1n) is 8.54. The van der Waals surface area contributed by atoms with E-state index in [0.29, 0.717) is 18.2 Å². The number of pyridine rings is 1. The number of hydrogen-bond donors (Lipinski definition) is 1. The lowest BCUT2D eigenvalue weighted by Gasteiger charge is -2.22. The molecule has 0 aliphatic carbocycles. The Morgan fingerprint density at radius 2 is 2.19 bits per heavy atom. The van der Waals surface area contributed by atoms with Crippen LogP contribution in [0, 0.1) is 5.82 Å². The molecule has 0 spiro atoms. The summed E-state index contributed by atoms with van der Waals surface area (Å²) in [7, 11) is 3.74. The molecule has 0 saturated heterocycles. The number of aromatic nitrogens is 1. The zero-order valence-corrected chi connectivity index (χ0v) is 18.0. The molecule has 27 heavy (non-hydrogen) atoms. The van der Waals surface area contributed by atoms with Gasteiger partial charge in [0.15, 0.2) is 5.96 Å². The highest BCUT2D eigenvalue weighted by Crippen LogP contribution is 2.23. The normalized spacial score (nSPS) is 10.7. The average molecular weight is 484 g/mol. The van der Waals surface area contributed by atoms with Crippen LogP contribution < -0.4 is 10.1 Å². The standard InChI is InChI=1S/C20H25FN4O.HI/c1-4-5-6-13-25(3)20(22-2)24-15-16-9-8-12-23-19(16)26-18-11-7-10-17(21)14-18;/h4,7-12,14H,1,5-6,13,15H2,2-3H3,(H,22,24);1H. The number of guanidine groups is 1. The van der Waals surface area contributed by atoms with Crippen LogP contribution >= 0.6 is 24.0 Å². The monoisotopic (exact) mass is 484 g/mol. The number of nitrogens with one attached hydrogen (secondary N) is 1. The van der Waals surface area contributed by atoms with Crippen LogP contribution in [-0.4, -0.2) is 36.5 Å². The van der Waals surface area contributed by atoms with Crippen LogP contribution in [0.25, 0.3) is 0 Å². The average Bonchev–Trinajstić information content (AvgIpc) is 2.64. The second-order valence-corrected chi connectivity index (χ2v) is 5.78. The van der Waals surface area contributed by atoms with Gasteiger partial charge in [-0.25, -0.2) is 9.37 Å². The maximum absolute atomic E-state index is 13.3. The largest absolute Gasteiger partial charge is 0.439 e. The van der Waals surface area contributed by atoms with E-state index in [1.54, 1.807) is 25.4 Å². The summed E-state index contributed by atoms with van der Waals surface area (Å²) in [6, 6.07) is 9.76. The minimum absolute atomic E-state index is 0. The smallest absolute Gasteiger partial charge is 0.224 e. The van der Waals surface area contributed by atoms with Gasteiger partial charge >= 0.3 is 0 Å². The minimum atomic E-state index is -0.348. The van der Waals surface area contributed by atoms with Gasteiger partial charge in [-0.2, -0.15) is 0 Å². The van der Waals surface area contributed by atoms with Gasteiger partial charge in [-0.3, -0.25) is 4.99 Å². The summed E-state index contributed by atoms with van der Waals surface area (Å²) in [6.45, 7) is 5.12. The molecule has 0 fully saturated rings. The summed E-state index contributed by atoms with van der Waals surface area (Å²) in [6.07, 6.45) is 5.54. The Bertz CT molecular complexity index is 754. The molecule has 7 heteroatoms. The third kappa shape index (κ3) is 7.54. The summed E-state index contributed by atoms with van der Waals surface area (Å²) >= 11 is 0. The molecule has 1 heterocycles. The predicted octanol–water partition coefficient (Wildman–Crippen LogP) is 4.60. The molecule has 0 amide bonds. The topological polar surface area (TPSA) is 49.8 Å². The third-order valence-corrected chi connectivity index (χ3v) is 3.77. The molecule has 2 aromatic rings. The van der Waals surface area contributed by atoms with Crippen LogP contribution in [0.1, 0.15) is 18.4 Å². The van der Waals surface area contributed by atoms with Crippen molar-refractivity contribution in [2.24, 2.45) is 4.99 Å². The van der Waals surface area contributed by atoms with Crippen LogP contribution in [0.2, 0.25) is 0 Å². The van der Waals surface area contributed by atoms with Gasteiger partial charge in [0.25, 0.3) is 0 Å². The fourth-order valence-electron chi connectivity index (χ4n) is 2.43. The van der Waals surface area contributed by atoms with Crippen molar-refractivity contribution < 1.29 is 9.13 Å². The van der Waals surface area contributed by atoms with E-state index in [0.717, 1.165) is 30.9 Å². The number of hydrogen-bond acceptors (Lipinski definition) is 3. The molecule has 146 valence electrons. The lowest BCUT2D eigenvalue weighted by Crippen LogP contribution is -2.39. The zero-order valence-electron chi connectivity index (χ0n) is 15.7. The molecule has 2 rings (SSSR count). The molecule has 0 saturated carbocycles. The van der Waals surface area contributed by atoms with Crippen molar-refractivity contribution >= 4 is 29.9 Å². The van der Waals surface area contributed by atoms with Crippen molar-refractivity contribution in [3.63, 3.8) is 0 Å². The Morgan fingerprint density at radius 1 is 1.37 bits per heavy atom. The van der Waals surface area contributed by atoms with E-state index in [9.17, 15) is 4.39 Å². The van der Waals surface area contributed by atoms with E-state index in [1.807, 2.05) is 25.3 Å². The Labute approximate surface area is 177 Å². The number of benzene rings is 1. The van der Waals surface area contributed by atoms with Crippen molar-refractivity contribution in [1.29, 1.82) is 0 Å². The molecule has 0 atom stereocenters. The number of aliphatic imine (C=N–C) groups is 1. The van der Waals surface area contributed by atoms with Crippen LogP contribution in [0.5, 0.6) is 11.6 Å².